The lowest BCUT2D eigenvalue weighted by molar-refractivity contribution is 0.412. The van der Waals surface area contributed by atoms with Gasteiger partial charge < -0.3 is 10.1 Å². The molecule has 1 atom stereocenters. The highest BCUT2D eigenvalue weighted by molar-refractivity contribution is 9.10. The average Bonchev–Trinajstić information content (AvgIpc) is 2.33. The molecule has 0 aliphatic heterocycles. The summed E-state index contributed by atoms with van der Waals surface area (Å²) in [5.74, 6) is 2.00. The van der Waals surface area contributed by atoms with Gasteiger partial charge in [0, 0.05) is 16.5 Å². The third-order valence-electron chi connectivity index (χ3n) is 2.82. The van der Waals surface area contributed by atoms with Gasteiger partial charge in [0.1, 0.15) is 5.75 Å². The Morgan fingerprint density at radius 2 is 2.05 bits per heavy atom. The molecular formula is C15H24BrNOS. The van der Waals surface area contributed by atoms with E-state index in [1.54, 1.807) is 7.11 Å². The van der Waals surface area contributed by atoms with Crippen LogP contribution in [-0.4, -0.2) is 30.7 Å². The van der Waals surface area contributed by atoms with Crippen LogP contribution < -0.4 is 10.1 Å². The molecule has 19 heavy (non-hydrogen) atoms. The van der Waals surface area contributed by atoms with Gasteiger partial charge in [0.2, 0.25) is 0 Å². The van der Waals surface area contributed by atoms with Gasteiger partial charge in [-0.3, -0.25) is 0 Å². The lowest BCUT2D eigenvalue weighted by Crippen LogP contribution is -2.31. The van der Waals surface area contributed by atoms with Crippen LogP contribution in [0.5, 0.6) is 5.75 Å². The third kappa shape index (κ3) is 6.19. The number of thioether (sulfide) groups is 1. The highest BCUT2D eigenvalue weighted by atomic mass is 79.9. The first-order valence-corrected chi connectivity index (χ1v) is 8.27. The molecule has 108 valence electrons. The predicted octanol–water partition coefficient (Wildman–Crippen LogP) is 4.12. The largest absolute Gasteiger partial charge is 0.496 e. The molecular weight excluding hydrogens is 322 g/mol. The summed E-state index contributed by atoms with van der Waals surface area (Å²) in [7, 11) is 3.72. The first kappa shape index (κ1) is 16.9. The minimum Gasteiger partial charge on any atom is -0.496 e. The number of methoxy groups -OCH3 is 1. The van der Waals surface area contributed by atoms with Gasteiger partial charge in [-0.2, -0.15) is 11.8 Å². The maximum atomic E-state index is 5.26. The van der Waals surface area contributed by atoms with Gasteiger partial charge in [-0.15, -0.1) is 0 Å². The maximum Gasteiger partial charge on any atom is 0.133 e. The molecule has 4 heteroatoms. The Labute approximate surface area is 129 Å². The topological polar surface area (TPSA) is 21.3 Å². The van der Waals surface area contributed by atoms with Crippen molar-refractivity contribution in [1.29, 1.82) is 0 Å². The molecule has 1 N–H and O–H groups in total. The van der Waals surface area contributed by atoms with Crippen molar-refractivity contribution in [3.05, 3.63) is 28.2 Å². The van der Waals surface area contributed by atoms with Gasteiger partial charge in [0.25, 0.3) is 0 Å². The normalized spacial score (nSPS) is 13.4. The molecule has 2 nitrogen and oxygen atoms in total. The molecule has 0 saturated carbocycles. The van der Waals surface area contributed by atoms with Gasteiger partial charge >= 0.3 is 0 Å². The summed E-state index contributed by atoms with van der Waals surface area (Å²) in [5.41, 5.74) is 1.32. The highest BCUT2D eigenvalue weighted by Crippen LogP contribution is 2.27. The Bertz CT molecular complexity index is 404. The van der Waals surface area contributed by atoms with E-state index in [2.05, 4.69) is 54.2 Å². The zero-order chi connectivity index (χ0) is 14.5. The lowest BCUT2D eigenvalue weighted by Gasteiger charge is -2.23. The molecule has 1 aromatic carbocycles. The van der Waals surface area contributed by atoms with E-state index in [9.17, 15) is 0 Å². The molecule has 0 aliphatic carbocycles. The highest BCUT2D eigenvalue weighted by Gasteiger charge is 2.15. The molecule has 1 unspecified atom stereocenters. The van der Waals surface area contributed by atoms with Crippen molar-refractivity contribution < 1.29 is 4.74 Å². The standard InChI is InChI=1S/C15H24BrNOS/c1-15(2,3)19-10-12(17-4)8-11-6-7-14(18-5)13(16)9-11/h6-7,9,12,17H,8,10H2,1-5H3. The second kappa shape index (κ2) is 7.55. The quantitative estimate of drug-likeness (QED) is 0.837. The molecule has 0 saturated heterocycles. The van der Waals surface area contributed by atoms with Crippen LogP contribution in [0, 0.1) is 0 Å². The summed E-state index contributed by atoms with van der Waals surface area (Å²) < 4.78 is 6.59. The van der Waals surface area contributed by atoms with Gasteiger partial charge in [-0.25, -0.2) is 0 Å². The molecule has 0 bridgehead atoms. The number of hydrogen-bond donors (Lipinski definition) is 1. The molecule has 0 heterocycles. The Morgan fingerprint density at radius 3 is 2.53 bits per heavy atom. The van der Waals surface area contributed by atoms with Crippen molar-refractivity contribution in [2.45, 2.75) is 38.0 Å². The fourth-order valence-corrected chi connectivity index (χ4v) is 3.29. The van der Waals surface area contributed by atoms with Gasteiger partial charge in [-0.05, 0) is 47.1 Å². The summed E-state index contributed by atoms with van der Waals surface area (Å²) in [6.45, 7) is 6.77. The van der Waals surface area contributed by atoms with E-state index in [1.165, 1.54) is 5.56 Å². The van der Waals surface area contributed by atoms with Crippen molar-refractivity contribution in [3.8, 4) is 5.75 Å². The van der Waals surface area contributed by atoms with Gasteiger partial charge in [0.05, 0.1) is 11.6 Å². The molecule has 1 rings (SSSR count). The van der Waals surface area contributed by atoms with Crippen molar-refractivity contribution in [3.63, 3.8) is 0 Å². The summed E-state index contributed by atoms with van der Waals surface area (Å²) >= 11 is 5.54. The molecule has 0 aliphatic rings. The number of hydrogen-bond acceptors (Lipinski definition) is 3. The Kier molecular flexibility index (Phi) is 6.71. The molecule has 0 amide bonds. The van der Waals surface area contributed by atoms with Crippen LogP contribution in [0.25, 0.3) is 0 Å². The van der Waals surface area contributed by atoms with Crippen molar-refractivity contribution in [1.82, 2.24) is 5.32 Å². The number of nitrogens with one attached hydrogen (secondary N) is 1. The predicted molar refractivity (Wildman–Crippen MR) is 89.5 cm³/mol. The number of ether oxygens (including phenoxy) is 1. The lowest BCUT2D eigenvalue weighted by atomic mass is 10.1. The molecule has 0 fully saturated rings. The van der Waals surface area contributed by atoms with Crippen LogP contribution in [0.1, 0.15) is 26.3 Å². The fraction of sp³-hybridized carbons (Fsp3) is 0.600. The number of halogens is 1. The van der Waals surface area contributed by atoms with E-state index in [0.29, 0.717) is 10.8 Å². The first-order valence-electron chi connectivity index (χ1n) is 6.49. The second-order valence-corrected chi connectivity index (χ2v) is 8.28. The van der Waals surface area contributed by atoms with Crippen LogP contribution in [-0.2, 0) is 6.42 Å². The van der Waals surface area contributed by atoms with E-state index in [0.717, 1.165) is 22.4 Å². The summed E-state index contributed by atoms with van der Waals surface area (Å²) in [4.78, 5) is 0. The van der Waals surface area contributed by atoms with Crippen LogP contribution in [0.3, 0.4) is 0 Å². The van der Waals surface area contributed by atoms with E-state index in [1.807, 2.05) is 24.9 Å². The van der Waals surface area contributed by atoms with Crippen LogP contribution in [0.15, 0.2) is 22.7 Å². The summed E-state index contributed by atoms with van der Waals surface area (Å²) in [6, 6.07) is 6.79. The van der Waals surface area contributed by atoms with Crippen molar-refractivity contribution >= 4 is 27.7 Å². The SMILES string of the molecule is CNC(CSC(C)(C)C)Cc1ccc(OC)c(Br)c1. The van der Waals surface area contributed by atoms with Crippen molar-refractivity contribution in [2.24, 2.45) is 0 Å². The molecule has 1 aromatic rings. The average molecular weight is 346 g/mol. The molecule has 0 radical (unpaired) electrons. The van der Waals surface area contributed by atoms with Gasteiger partial charge in [0.15, 0.2) is 0 Å². The Morgan fingerprint density at radius 1 is 1.37 bits per heavy atom. The first-order chi connectivity index (χ1) is 8.85. The second-order valence-electron chi connectivity index (χ2n) is 5.58. The number of benzene rings is 1. The maximum absolute atomic E-state index is 5.26. The van der Waals surface area contributed by atoms with Crippen LogP contribution in [0.2, 0.25) is 0 Å². The summed E-state index contributed by atoms with van der Waals surface area (Å²) in [5, 5.41) is 3.40. The summed E-state index contributed by atoms with van der Waals surface area (Å²) in [6.07, 6.45) is 1.03. The Hall–Kier alpha value is -0.190. The smallest absolute Gasteiger partial charge is 0.133 e. The van der Waals surface area contributed by atoms with Gasteiger partial charge in [-0.1, -0.05) is 26.8 Å². The van der Waals surface area contributed by atoms with Crippen LogP contribution in [0.4, 0.5) is 0 Å². The minimum atomic E-state index is 0.315. The van der Waals surface area contributed by atoms with E-state index in [-0.39, 0.29) is 0 Å². The molecule has 0 spiro atoms. The van der Waals surface area contributed by atoms with Crippen LogP contribution >= 0.6 is 27.7 Å². The minimum absolute atomic E-state index is 0.315. The van der Waals surface area contributed by atoms with E-state index < -0.39 is 0 Å². The number of rotatable bonds is 6. The zero-order valence-corrected chi connectivity index (χ0v) is 14.8. The molecule has 0 aromatic heterocycles. The third-order valence-corrected chi connectivity index (χ3v) is 4.88. The Balaban J connectivity index is 2.63. The number of likely N-dealkylation sites (N-methyl/N-ethyl adjacent to an activating group) is 1. The van der Waals surface area contributed by atoms with E-state index in [4.69, 9.17) is 4.74 Å². The monoisotopic (exact) mass is 345 g/mol. The van der Waals surface area contributed by atoms with Crippen molar-refractivity contribution in [2.75, 3.05) is 19.9 Å². The fourth-order valence-electron chi connectivity index (χ4n) is 1.72. The zero-order valence-electron chi connectivity index (χ0n) is 12.4. The van der Waals surface area contributed by atoms with E-state index >= 15 is 0 Å².